The SMILES string of the molecule is Brc1ccc2c(c1)N1CCC(C/C=C/CC3CCCN(C3)c3cc(ccn3)-c3nnc-2o3)CC1. The van der Waals surface area contributed by atoms with Crippen LogP contribution in [-0.2, 0) is 0 Å². The van der Waals surface area contributed by atoms with Crippen LogP contribution in [0.2, 0.25) is 0 Å². The molecule has 0 saturated carbocycles. The number of allylic oxidation sites excluding steroid dienone is 2. The van der Waals surface area contributed by atoms with Crippen molar-refractivity contribution in [3.63, 3.8) is 0 Å². The van der Waals surface area contributed by atoms with Gasteiger partial charge in [-0.3, -0.25) is 0 Å². The lowest BCUT2D eigenvalue weighted by atomic mass is 9.91. The van der Waals surface area contributed by atoms with Crippen molar-refractivity contribution in [2.75, 3.05) is 36.0 Å². The molecule has 6 heterocycles. The summed E-state index contributed by atoms with van der Waals surface area (Å²) < 4.78 is 7.31. The van der Waals surface area contributed by atoms with Crippen molar-refractivity contribution in [2.24, 2.45) is 11.8 Å². The number of halogens is 1. The molecular formula is C27H30BrN5O. The van der Waals surface area contributed by atoms with Crippen LogP contribution >= 0.6 is 15.9 Å². The Morgan fingerprint density at radius 2 is 1.68 bits per heavy atom. The quantitative estimate of drug-likeness (QED) is 0.322. The van der Waals surface area contributed by atoms with E-state index in [1.807, 2.05) is 18.3 Å². The van der Waals surface area contributed by atoms with E-state index in [9.17, 15) is 0 Å². The first-order valence-electron chi connectivity index (χ1n) is 12.5. The Hall–Kier alpha value is -2.67. The van der Waals surface area contributed by atoms with Crippen LogP contribution < -0.4 is 9.80 Å². The molecule has 0 amide bonds. The number of rotatable bonds is 0. The zero-order valence-corrected chi connectivity index (χ0v) is 21.0. The van der Waals surface area contributed by atoms with Crippen molar-refractivity contribution in [3.05, 3.63) is 53.2 Å². The summed E-state index contributed by atoms with van der Waals surface area (Å²) in [6.45, 7) is 4.20. The summed E-state index contributed by atoms with van der Waals surface area (Å²) in [6, 6.07) is 10.4. The van der Waals surface area contributed by atoms with Crippen LogP contribution in [0.25, 0.3) is 22.9 Å². The molecule has 6 nitrogen and oxygen atoms in total. The number of benzene rings is 1. The number of anilines is 2. The van der Waals surface area contributed by atoms with Gasteiger partial charge in [-0.05, 0) is 80.7 Å². The Morgan fingerprint density at radius 3 is 2.56 bits per heavy atom. The summed E-state index contributed by atoms with van der Waals surface area (Å²) in [7, 11) is 0. The van der Waals surface area contributed by atoms with Gasteiger partial charge in [0, 0.05) is 42.4 Å². The van der Waals surface area contributed by atoms with Gasteiger partial charge in [-0.25, -0.2) is 4.98 Å². The molecular weight excluding hydrogens is 490 g/mol. The molecule has 3 aromatic rings. The minimum atomic E-state index is 0.542. The second-order valence-corrected chi connectivity index (χ2v) is 10.7. The van der Waals surface area contributed by atoms with E-state index in [4.69, 9.17) is 4.42 Å². The van der Waals surface area contributed by atoms with Gasteiger partial charge in [0.1, 0.15) is 5.82 Å². The molecule has 2 saturated heterocycles. The zero-order chi connectivity index (χ0) is 22.9. The maximum atomic E-state index is 6.24. The predicted molar refractivity (Wildman–Crippen MR) is 139 cm³/mol. The number of piperidine rings is 2. The summed E-state index contributed by atoms with van der Waals surface area (Å²) >= 11 is 3.66. The molecule has 7 rings (SSSR count). The third kappa shape index (κ3) is 4.50. The molecule has 4 aliphatic rings. The predicted octanol–water partition coefficient (Wildman–Crippen LogP) is 6.34. The van der Waals surface area contributed by atoms with Gasteiger partial charge in [0.25, 0.3) is 0 Å². The number of hydrogen-bond donors (Lipinski definition) is 0. The molecule has 0 spiro atoms. The fourth-order valence-corrected chi connectivity index (χ4v) is 5.92. The van der Waals surface area contributed by atoms with Crippen molar-refractivity contribution >= 4 is 27.4 Å². The van der Waals surface area contributed by atoms with E-state index in [1.165, 1.54) is 32.1 Å². The topological polar surface area (TPSA) is 58.3 Å². The van der Waals surface area contributed by atoms with Gasteiger partial charge in [-0.2, -0.15) is 0 Å². The standard InChI is InChI=1S/C27H30BrN5O/c28-22-7-8-23-24(17-22)32-14-10-19(11-15-32)4-1-2-5-20-6-3-13-33(18-20)25-16-21(9-12-29-25)26-30-31-27(23)34-26/h1-2,7-9,12,16-17,19-20H,3-6,10-11,13-15,18H2/b2-1+. The van der Waals surface area contributed by atoms with Crippen LogP contribution in [0.3, 0.4) is 0 Å². The molecule has 1 unspecified atom stereocenters. The molecule has 176 valence electrons. The monoisotopic (exact) mass is 519 g/mol. The third-order valence-electron chi connectivity index (χ3n) is 7.51. The number of nitrogens with zero attached hydrogens (tertiary/aromatic N) is 5. The first-order chi connectivity index (χ1) is 16.7. The largest absolute Gasteiger partial charge is 0.416 e. The summed E-state index contributed by atoms with van der Waals surface area (Å²) in [5.41, 5.74) is 3.07. The van der Waals surface area contributed by atoms with Crippen molar-refractivity contribution in [3.8, 4) is 22.9 Å². The highest BCUT2D eigenvalue weighted by molar-refractivity contribution is 9.10. The fraction of sp³-hybridized carbons (Fsp3) is 0.444. The van der Waals surface area contributed by atoms with E-state index in [2.05, 4.69) is 71.3 Å². The van der Waals surface area contributed by atoms with Crippen molar-refractivity contribution in [1.29, 1.82) is 0 Å². The molecule has 8 bridgehead atoms. The number of pyridine rings is 1. The molecule has 0 N–H and O–H groups in total. The normalized spacial score (nSPS) is 23.6. The average Bonchev–Trinajstić information content (AvgIpc) is 3.37. The van der Waals surface area contributed by atoms with E-state index < -0.39 is 0 Å². The van der Waals surface area contributed by atoms with E-state index >= 15 is 0 Å². The number of fused-ring (bicyclic) bond motifs is 4. The van der Waals surface area contributed by atoms with Crippen LogP contribution in [0, 0.1) is 11.8 Å². The van der Waals surface area contributed by atoms with Gasteiger partial charge in [0.05, 0.1) is 11.3 Å². The van der Waals surface area contributed by atoms with E-state index in [0.29, 0.717) is 17.7 Å². The van der Waals surface area contributed by atoms with Crippen molar-refractivity contribution in [1.82, 2.24) is 15.2 Å². The van der Waals surface area contributed by atoms with Crippen LogP contribution in [0.1, 0.15) is 38.5 Å². The summed E-state index contributed by atoms with van der Waals surface area (Å²) in [5.74, 6) is 3.55. The van der Waals surface area contributed by atoms with Crippen molar-refractivity contribution < 1.29 is 4.42 Å². The highest BCUT2D eigenvalue weighted by Gasteiger charge is 2.25. The molecule has 7 heteroatoms. The van der Waals surface area contributed by atoms with Crippen LogP contribution in [-0.4, -0.2) is 41.4 Å². The van der Waals surface area contributed by atoms with Gasteiger partial charge in [-0.15, -0.1) is 10.2 Å². The number of hydrogen-bond acceptors (Lipinski definition) is 6. The molecule has 4 aliphatic heterocycles. The number of aromatic nitrogens is 3. The van der Waals surface area contributed by atoms with Gasteiger partial charge >= 0.3 is 0 Å². The Balaban J connectivity index is 1.39. The molecule has 0 radical (unpaired) electrons. The zero-order valence-electron chi connectivity index (χ0n) is 19.4. The summed E-state index contributed by atoms with van der Waals surface area (Å²) in [4.78, 5) is 9.56. The maximum absolute atomic E-state index is 6.24. The highest BCUT2D eigenvalue weighted by Crippen LogP contribution is 2.37. The van der Waals surface area contributed by atoms with Gasteiger partial charge < -0.3 is 14.2 Å². The van der Waals surface area contributed by atoms with Crippen LogP contribution in [0.4, 0.5) is 11.5 Å². The van der Waals surface area contributed by atoms with E-state index in [0.717, 1.165) is 65.6 Å². The van der Waals surface area contributed by atoms with Crippen LogP contribution in [0.5, 0.6) is 0 Å². The Kier molecular flexibility index (Phi) is 6.12. The lowest BCUT2D eigenvalue weighted by Gasteiger charge is -2.34. The van der Waals surface area contributed by atoms with Gasteiger partial charge in [-0.1, -0.05) is 28.1 Å². The maximum Gasteiger partial charge on any atom is 0.250 e. The lowest BCUT2D eigenvalue weighted by molar-refractivity contribution is 0.405. The van der Waals surface area contributed by atoms with Crippen molar-refractivity contribution in [2.45, 2.75) is 38.5 Å². The second-order valence-electron chi connectivity index (χ2n) is 9.80. The average molecular weight is 520 g/mol. The first-order valence-corrected chi connectivity index (χ1v) is 13.3. The molecule has 2 fully saturated rings. The third-order valence-corrected chi connectivity index (χ3v) is 8.00. The molecule has 1 atom stereocenters. The Morgan fingerprint density at radius 1 is 0.853 bits per heavy atom. The fourth-order valence-electron chi connectivity index (χ4n) is 5.57. The Labute approximate surface area is 209 Å². The Bertz CT molecular complexity index is 1180. The molecule has 0 aliphatic carbocycles. The van der Waals surface area contributed by atoms with E-state index in [-0.39, 0.29) is 0 Å². The van der Waals surface area contributed by atoms with Gasteiger partial charge in [0.2, 0.25) is 11.8 Å². The second kappa shape index (κ2) is 9.53. The molecule has 34 heavy (non-hydrogen) atoms. The lowest BCUT2D eigenvalue weighted by Crippen LogP contribution is -2.35. The van der Waals surface area contributed by atoms with E-state index in [1.54, 1.807) is 0 Å². The molecule has 1 aromatic carbocycles. The van der Waals surface area contributed by atoms with Crippen LogP contribution in [0.15, 0.2) is 57.6 Å². The summed E-state index contributed by atoms with van der Waals surface area (Å²) in [6.07, 6.45) is 14.0. The highest BCUT2D eigenvalue weighted by atomic mass is 79.9. The minimum absolute atomic E-state index is 0.542. The smallest absolute Gasteiger partial charge is 0.250 e. The van der Waals surface area contributed by atoms with Gasteiger partial charge in [0.15, 0.2) is 0 Å². The first kappa shape index (κ1) is 21.8. The minimum Gasteiger partial charge on any atom is -0.416 e. The summed E-state index contributed by atoms with van der Waals surface area (Å²) in [5, 5.41) is 8.87. The molecule has 2 aromatic heterocycles.